The summed E-state index contributed by atoms with van der Waals surface area (Å²) in [4.78, 5) is 0. The summed E-state index contributed by atoms with van der Waals surface area (Å²) in [6, 6.07) is 9.46. The Balaban J connectivity index is 3.18. The van der Waals surface area contributed by atoms with Gasteiger partial charge in [-0.15, -0.1) is 0 Å². The van der Waals surface area contributed by atoms with Crippen LogP contribution in [-0.2, 0) is 27.5 Å². The van der Waals surface area contributed by atoms with Gasteiger partial charge in [0.1, 0.15) is 0 Å². The maximum Gasteiger partial charge on any atom is 0.542 e. The molecule has 0 amide bonds. The Kier molecular flexibility index (Phi) is 8.19. The topological polar surface area (TPSA) is 55.4 Å². The first-order valence-corrected chi connectivity index (χ1v) is 9.12. The summed E-state index contributed by atoms with van der Waals surface area (Å²) >= 11 is 0. The van der Waals surface area contributed by atoms with Gasteiger partial charge in [0.2, 0.25) is 0 Å². The van der Waals surface area contributed by atoms with Crippen molar-refractivity contribution in [3.05, 3.63) is 30.3 Å². The predicted octanol–water partition coefficient (Wildman–Crippen LogP) is 1.86. The standard InChI is InChI=1S/C15H26O6Si/c1-6-18-15(19-7-2,20-8-3)21-22(16-4,17-5)14-12-10-9-11-13-14/h9-13H,6-8H2,1-5H3. The Morgan fingerprint density at radius 3 is 1.64 bits per heavy atom. The summed E-state index contributed by atoms with van der Waals surface area (Å²) in [6.07, 6.45) is -1.65. The normalized spacial score (nSPS) is 12.6. The van der Waals surface area contributed by atoms with E-state index in [9.17, 15) is 0 Å². The van der Waals surface area contributed by atoms with Crippen molar-refractivity contribution >= 4 is 14.0 Å². The van der Waals surface area contributed by atoms with E-state index in [-0.39, 0.29) is 0 Å². The number of ether oxygens (including phenoxy) is 3. The molecule has 0 spiro atoms. The third-order valence-electron chi connectivity index (χ3n) is 2.89. The van der Waals surface area contributed by atoms with Gasteiger partial charge in [-0.1, -0.05) is 30.3 Å². The van der Waals surface area contributed by atoms with E-state index >= 15 is 0 Å². The average molecular weight is 330 g/mol. The molecule has 0 aliphatic carbocycles. The molecule has 0 saturated heterocycles. The third kappa shape index (κ3) is 4.59. The van der Waals surface area contributed by atoms with Gasteiger partial charge in [0.15, 0.2) is 0 Å². The Morgan fingerprint density at radius 2 is 1.27 bits per heavy atom. The van der Waals surface area contributed by atoms with Crippen molar-refractivity contribution in [2.75, 3.05) is 34.0 Å². The van der Waals surface area contributed by atoms with Crippen molar-refractivity contribution in [2.45, 2.75) is 26.9 Å². The summed E-state index contributed by atoms with van der Waals surface area (Å²) in [6.45, 7) is 6.57. The molecule has 1 aromatic carbocycles. The Hall–Kier alpha value is -0.803. The zero-order valence-corrected chi connectivity index (χ0v) is 15.0. The number of rotatable bonds is 11. The fourth-order valence-corrected chi connectivity index (χ4v) is 4.04. The number of hydrogen-bond donors (Lipinski definition) is 0. The molecule has 0 aliphatic rings. The summed E-state index contributed by atoms with van der Waals surface area (Å²) < 4.78 is 34.1. The molecule has 7 heteroatoms. The molecule has 0 heterocycles. The second-order valence-corrected chi connectivity index (χ2v) is 6.94. The molecule has 0 saturated carbocycles. The highest BCUT2D eigenvalue weighted by molar-refractivity contribution is 6.75. The van der Waals surface area contributed by atoms with Gasteiger partial charge in [-0.05, 0) is 20.8 Å². The van der Waals surface area contributed by atoms with E-state index in [1.165, 1.54) is 14.2 Å². The van der Waals surface area contributed by atoms with Gasteiger partial charge in [-0.2, -0.15) is 0 Å². The third-order valence-corrected chi connectivity index (χ3v) is 5.52. The first-order valence-electron chi connectivity index (χ1n) is 7.39. The average Bonchev–Trinajstić information content (AvgIpc) is 2.54. The van der Waals surface area contributed by atoms with Crippen molar-refractivity contribution in [3.63, 3.8) is 0 Å². The van der Waals surface area contributed by atoms with Crippen molar-refractivity contribution in [1.29, 1.82) is 0 Å². The Labute approximate surface area is 133 Å². The largest absolute Gasteiger partial charge is 0.542 e. The lowest BCUT2D eigenvalue weighted by molar-refractivity contribution is -0.477. The number of benzene rings is 1. The smallest absolute Gasteiger partial charge is 0.373 e. The fraction of sp³-hybridized carbons (Fsp3) is 0.600. The summed E-state index contributed by atoms with van der Waals surface area (Å²) in [5, 5.41) is 0.795. The molecule has 126 valence electrons. The minimum atomic E-state index is -3.24. The lowest BCUT2D eigenvalue weighted by atomic mass is 10.4. The molecule has 1 rings (SSSR count). The van der Waals surface area contributed by atoms with E-state index < -0.39 is 15.0 Å². The van der Waals surface area contributed by atoms with E-state index in [1.54, 1.807) is 0 Å². The second kappa shape index (κ2) is 9.36. The summed E-state index contributed by atoms with van der Waals surface area (Å²) in [5.41, 5.74) is 0. The van der Waals surface area contributed by atoms with Gasteiger partial charge in [0.05, 0.1) is 19.8 Å². The second-order valence-electron chi connectivity index (χ2n) is 4.23. The first kappa shape index (κ1) is 19.2. The van der Waals surface area contributed by atoms with Gasteiger partial charge in [0, 0.05) is 19.4 Å². The zero-order valence-electron chi connectivity index (χ0n) is 14.0. The first-order chi connectivity index (χ1) is 10.6. The van der Waals surface area contributed by atoms with Crippen LogP contribution < -0.4 is 5.19 Å². The van der Waals surface area contributed by atoms with Gasteiger partial charge in [-0.3, -0.25) is 4.43 Å². The van der Waals surface area contributed by atoms with Crippen LogP contribution in [0.5, 0.6) is 0 Å². The lowest BCUT2D eigenvalue weighted by Crippen LogP contribution is -2.62. The monoisotopic (exact) mass is 330 g/mol. The highest BCUT2D eigenvalue weighted by atomic mass is 28.4. The summed E-state index contributed by atoms with van der Waals surface area (Å²) in [5.74, 6) is 0. The highest BCUT2D eigenvalue weighted by Crippen LogP contribution is 2.24. The van der Waals surface area contributed by atoms with E-state index in [1.807, 2.05) is 51.1 Å². The van der Waals surface area contributed by atoms with Crippen molar-refractivity contribution < 1.29 is 27.5 Å². The van der Waals surface area contributed by atoms with Gasteiger partial charge in [0.25, 0.3) is 0 Å². The molecule has 0 unspecified atom stereocenters. The van der Waals surface area contributed by atoms with Crippen LogP contribution in [0.1, 0.15) is 20.8 Å². The maximum atomic E-state index is 6.06. The van der Waals surface area contributed by atoms with Crippen LogP contribution >= 0.6 is 0 Å². The van der Waals surface area contributed by atoms with E-state index in [0.29, 0.717) is 19.8 Å². The Morgan fingerprint density at radius 1 is 0.818 bits per heavy atom. The van der Waals surface area contributed by atoms with Gasteiger partial charge < -0.3 is 23.1 Å². The molecule has 0 fully saturated rings. The minimum absolute atomic E-state index is 0.354. The predicted molar refractivity (Wildman–Crippen MR) is 84.5 cm³/mol. The van der Waals surface area contributed by atoms with Crippen LogP contribution in [0.3, 0.4) is 0 Å². The van der Waals surface area contributed by atoms with Gasteiger partial charge in [-0.25, -0.2) is 0 Å². The Bertz CT molecular complexity index is 393. The van der Waals surface area contributed by atoms with Crippen LogP contribution in [0.2, 0.25) is 0 Å². The van der Waals surface area contributed by atoms with Crippen LogP contribution in [0.15, 0.2) is 30.3 Å². The fourth-order valence-electron chi connectivity index (χ4n) is 2.01. The quantitative estimate of drug-likeness (QED) is 0.456. The van der Waals surface area contributed by atoms with Crippen molar-refractivity contribution in [1.82, 2.24) is 0 Å². The molecule has 6 nitrogen and oxygen atoms in total. The SMILES string of the molecule is CCOC(OCC)(OCC)O[Si](OC)(OC)c1ccccc1. The van der Waals surface area contributed by atoms with Crippen molar-refractivity contribution in [3.8, 4) is 0 Å². The van der Waals surface area contributed by atoms with E-state index in [0.717, 1.165) is 5.19 Å². The van der Waals surface area contributed by atoms with Crippen LogP contribution in [0, 0.1) is 0 Å². The molecule has 0 N–H and O–H groups in total. The molecule has 1 aromatic rings. The van der Waals surface area contributed by atoms with Crippen LogP contribution in [0.25, 0.3) is 0 Å². The van der Waals surface area contributed by atoms with Crippen molar-refractivity contribution in [2.24, 2.45) is 0 Å². The molecule has 0 aromatic heterocycles. The molecule has 22 heavy (non-hydrogen) atoms. The van der Waals surface area contributed by atoms with E-state index in [2.05, 4.69) is 0 Å². The molecule has 0 aliphatic heterocycles. The molecule has 0 bridgehead atoms. The minimum Gasteiger partial charge on any atom is -0.373 e. The van der Waals surface area contributed by atoms with E-state index in [4.69, 9.17) is 27.5 Å². The molecule has 0 atom stereocenters. The van der Waals surface area contributed by atoms with Gasteiger partial charge >= 0.3 is 15.0 Å². The zero-order chi connectivity index (χ0) is 16.5. The maximum absolute atomic E-state index is 6.06. The molecular weight excluding hydrogens is 304 g/mol. The number of hydrogen-bond acceptors (Lipinski definition) is 6. The van der Waals surface area contributed by atoms with Crippen LogP contribution in [-0.4, -0.2) is 49.0 Å². The molecule has 0 radical (unpaired) electrons. The summed E-state index contributed by atoms with van der Waals surface area (Å²) in [7, 11) is -0.164. The highest BCUT2D eigenvalue weighted by Gasteiger charge is 2.52. The lowest BCUT2D eigenvalue weighted by Gasteiger charge is -2.37. The molecular formula is C15H26O6Si. The van der Waals surface area contributed by atoms with Crippen LogP contribution in [0.4, 0.5) is 0 Å².